The SMILES string of the molecule is COCCC1(CNC(=O)NCC(O)c2ccco2)CC1. The molecule has 0 radical (unpaired) electrons. The zero-order valence-corrected chi connectivity index (χ0v) is 11.7. The van der Waals surface area contributed by atoms with E-state index in [-0.39, 0.29) is 18.0 Å². The minimum atomic E-state index is -0.820. The Morgan fingerprint density at radius 1 is 1.55 bits per heavy atom. The van der Waals surface area contributed by atoms with Crippen molar-refractivity contribution in [3.05, 3.63) is 24.2 Å². The summed E-state index contributed by atoms with van der Waals surface area (Å²) in [6.07, 6.45) is 3.90. The van der Waals surface area contributed by atoms with Gasteiger partial charge in [-0.15, -0.1) is 0 Å². The van der Waals surface area contributed by atoms with Crippen LogP contribution in [0.4, 0.5) is 4.79 Å². The quantitative estimate of drug-likeness (QED) is 0.673. The van der Waals surface area contributed by atoms with Crippen LogP contribution in [-0.2, 0) is 4.74 Å². The molecule has 0 saturated heterocycles. The zero-order chi connectivity index (χ0) is 14.4. The number of furan rings is 1. The van der Waals surface area contributed by atoms with Crippen molar-refractivity contribution in [3.63, 3.8) is 0 Å². The molecule has 20 heavy (non-hydrogen) atoms. The molecule has 0 spiro atoms. The minimum Gasteiger partial charge on any atom is -0.467 e. The number of carbonyl (C=O) groups excluding carboxylic acids is 1. The summed E-state index contributed by atoms with van der Waals surface area (Å²) in [6, 6.07) is 3.11. The lowest BCUT2D eigenvalue weighted by molar-refractivity contribution is 0.147. The van der Waals surface area contributed by atoms with Crippen molar-refractivity contribution in [2.75, 3.05) is 26.8 Å². The molecule has 1 aromatic rings. The Kier molecular flexibility index (Phi) is 5.03. The third-order valence-corrected chi connectivity index (χ3v) is 3.75. The number of urea groups is 1. The van der Waals surface area contributed by atoms with Gasteiger partial charge in [-0.3, -0.25) is 0 Å². The van der Waals surface area contributed by atoms with Crippen LogP contribution in [-0.4, -0.2) is 37.9 Å². The Morgan fingerprint density at radius 3 is 2.95 bits per heavy atom. The predicted molar refractivity (Wildman–Crippen MR) is 73.2 cm³/mol. The van der Waals surface area contributed by atoms with Crippen molar-refractivity contribution < 1.29 is 19.1 Å². The van der Waals surface area contributed by atoms with Crippen LogP contribution in [0.25, 0.3) is 0 Å². The summed E-state index contributed by atoms with van der Waals surface area (Å²) in [5.74, 6) is 0.448. The van der Waals surface area contributed by atoms with E-state index in [4.69, 9.17) is 9.15 Å². The number of aliphatic hydroxyl groups is 1. The highest BCUT2D eigenvalue weighted by atomic mass is 16.5. The summed E-state index contributed by atoms with van der Waals surface area (Å²) in [4.78, 5) is 11.7. The summed E-state index contributed by atoms with van der Waals surface area (Å²) in [6.45, 7) is 1.50. The molecule has 1 aliphatic carbocycles. The number of nitrogens with one attached hydrogen (secondary N) is 2. The minimum absolute atomic E-state index is 0.129. The largest absolute Gasteiger partial charge is 0.467 e. The lowest BCUT2D eigenvalue weighted by Crippen LogP contribution is -2.40. The molecule has 1 saturated carbocycles. The maximum atomic E-state index is 11.7. The summed E-state index contributed by atoms with van der Waals surface area (Å²) in [5, 5.41) is 15.2. The Morgan fingerprint density at radius 2 is 2.35 bits per heavy atom. The number of methoxy groups -OCH3 is 1. The molecule has 1 aliphatic rings. The van der Waals surface area contributed by atoms with Crippen molar-refractivity contribution in [1.29, 1.82) is 0 Å². The molecule has 1 aromatic heterocycles. The van der Waals surface area contributed by atoms with E-state index in [1.165, 1.54) is 6.26 Å². The van der Waals surface area contributed by atoms with Gasteiger partial charge < -0.3 is 24.9 Å². The highest BCUT2D eigenvalue weighted by Crippen LogP contribution is 2.48. The van der Waals surface area contributed by atoms with Gasteiger partial charge in [0.25, 0.3) is 0 Å². The van der Waals surface area contributed by atoms with E-state index in [9.17, 15) is 9.90 Å². The van der Waals surface area contributed by atoms with Crippen LogP contribution in [0.2, 0.25) is 0 Å². The first-order chi connectivity index (χ1) is 9.65. The monoisotopic (exact) mass is 282 g/mol. The fraction of sp³-hybridized carbons (Fsp3) is 0.643. The third-order valence-electron chi connectivity index (χ3n) is 3.75. The standard InChI is InChI=1S/C14H22N2O4/c1-19-8-6-14(4-5-14)10-16-13(18)15-9-11(17)12-3-2-7-20-12/h2-3,7,11,17H,4-6,8-10H2,1H3,(H2,15,16,18). The zero-order valence-electron chi connectivity index (χ0n) is 11.7. The van der Waals surface area contributed by atoms with E-state index < -0.39 is 6.10 Å². The van der Waals surface area contributed by atoms with Gasteiger partial charge in [0.1, 0.15) is 11.9 Å². The second kappa shape index (κ2) is 6.76. The van der Waals surface area contributed by atoms with Crippen molar-refractivity contribution >= 4 is 6.03 Å². The summed E-state index contributed by atoms with van der Waals surface area (Å²) in [7, 11) is 1.69. The summed E-state index contributed by atoms with van der Waals surface area (Å²) < 4.78 is 10.1. The van der Waals surface area contributed by atoms with E-state index in [2.05, 4.69) is 10.6 Å². The van der Waals surface area contributed by atoms with Crippen LogP contribution in [0.1, 0.15) is 31.1 Å². The van der Waals surface area contributed by atoms with Crippen molar-refractivity contribution in [1.82, 2.24) is 10.6 Å². The van der Waals surface area contributed by atoms with Crippen LogP contribution >= 0.6 is 0 Å². The summed E-state index contributed by atoms with van der Waals surface area (Å²) in [5.41, 5.74) is 0.215. The van der Waals surface area contributed by atoms with E-state index in [0.29, 0.717) is 12.3 Å². The van der Waals surface area contributed by atoms with Gasteiger partial charge in [-0.25, -0.2) is 4.79 Å². The molecule has 0 aromatic carbocycles. The molecular weight excluding hydrogens is 260 g/mol. The number of ether oxygens (including phenoxy) is 1. The van der Waals surface area contributed by atoms with Gasteiger partial charge in [0.05, 0.1) is 12.8 Å². The third kappa shape index (κ3) is 4.25. The Hall–Kier alpha value is -1.53. The molecule has 1 atom stereocenters. The lowest BCUT2D eigenvalue weighted by atomic mass is 10.0. The van der Waals surface area contributed by atoms with Gasteiger partial charge in [-0.05, 0) is 36.8 Å². The van der Waals surface area contributed by atoms with E-state index in [1.807, 2.05) is 0 Å². The highest BCUT2D eigenvalue weighted by Gasteiger charge is 2.42. The second-order valence-corrected chi connectivity index (χ2v) is 5.34. The predicted octanol–water partition coefficient (Wildman–Crippen LogP) is 1.43. The van der Waals surface area contributed by atoms with Crippen molar-refractivity contribution in [2.24, 2.45) is 5.41 Å². The molecule has 112 valence electrons. The first kappa shape index (κ1) is 14.9. The second-order valence-electron chi connectivity index (χ2n) is 5.34. The van der Waals surface area contributed by atoms with Crippen LogP contribution in [0.3, 0.4) is 0 Å². The van der Waals surface area contributed by atoms with E-state index in [0.717, 1.165) is 25.9 Å². The lowest BCUT2D eigenvalue weighted by Gasteiger charge is -2.16. The van der Waals surface area contributed by atoms with Gasteiger partial charge in [-0.1, -0.05) is 0 Å². The Labute approximate surface area is 118 Å². The first-order valence-electron chi connectivity index (χ1n) is 6.87. The van der Waals surface area contributed by atoms with Crippen LogP contribution in [0, 0.1) is 5.41 Å². The van der Waals surface area contributed by atoms with Gasteiger partial charge in [0, 0.05) is 20.3 Å². The molecule has 1 heterocycles. The average molecular weight is 282 g/mol. The van der Waals surface area contributed by atoms with Crippen LogP contribution in [0.5, 0.6) is 0 Å². The molecular formula is C14H22N2O4. The highest BCUT2D eigenvalue weighted by molar-refractivity contribution is 5.73. The number of hydrogen-bond donors (Lipinski definition) is 3. The molecule has 1 fully saturated rings. The van der Waals surface area contributed by atoms with E-state index in [1.54, 1.807) is 19.2 Å². The molecule has 6 heteroatoms. The van der Waals surface area contributed by atoms with Gasteiger partial charge in [0.2, 0.25) is 0 Å². The van der Waals surface area contributed by atoms with Gasteiger partial charge in [0.15, 0.2) is 0 Å². The first-order valence-corrected chi connectivity index (χ1v) is 6.87. The number of amides is 2. The molecule has 0 bridgehead atoms. The number of hydrogen-bond acceptors (Lipinski definition) is 4. The fourth-order valence-electron chi connectivity index (χ4n) is 2.11. The molecule has 2 rings (SSSR count). The molecule has 6 nitrogen and oxygen atoms in total. The number of aliphatic hydroxyl groups excluding tert-OH is 1. The van der Waals surface area contributed by atoms with Crippen LogP contribution in [0.15, 0.2) is 22.8 Å². The molecule has 1 unspecified atom stereocenters. The van der Waals surface area contributed by atoms with Crippen molar-refractivity contribution in [3.8, 4) is 0 Å². The summed E-state index contributed by atoms with van der Waals surface area (Å²) >= 11 is 0. The Balaban J connectivity index is 1.63. The normalized spacial score (nSPS) is 17.5. The fourth-order valence-corrected chi connectivity index (χ4v) is 2.11. The molecule has 0 aliphatic heterocycles. The van der Waals surface area contributed by atoms with Gasteiger partial charge in [-0.2, -0.15) is 0 Å². The topological polar surface area (TPSA) is 83.7 Å². The molecule has 2 amide bonds. The Bertz CT molecular complexity index is 415. The van der Waals surface area contributed by atoms with Crippen LogP contribution < -0.4 is 10.6 Å². The number of rotatable bonds is 8. The van der Waals surface area contributed by atoms with Gasteiger partial charge >= 0.3 is 6.03 Å². The maximum Gasteiger partial charge on any atom is 0.314 e. The molecule has 3 N–H and O–H groups in total. The average Bonchev–Trinajstić information content (AvgIpc) is 3.00. The van der Waals surface area contributed by atoms with E-state index >= 15 is 0 Å². The van der Waals surface area contributed by atoms with Crippen molar-refractivity contribution in [2.45, 2.75) is 25.4 Å². The number of carbonyl (C=O) groups is 1. The maximum absolute atomic E-state index is 11.7. The smallest absolute Gasteiger partial charge is 0.314 e.